The number of carbonyl (C=O) groups is 1. The van der Waals surface area contributed by atoms with E-state index < -0.39 is 0 Å². The lowest BCUT2D eigenvalue weighted by Crippen LogP contribution is -2.44. The van der Waals surface area contributed by atoms with Crippen molar-refractivity contribution in [3.05, 3.63) is 59.9 Å². The summed E-state index contributed by atoms with van der Waals surface area (Å²) in [6.07, 6.45) is 0.767. The quantitative estimate of drug-likeness (QED) is 0.756. The molecule has 134 valence electrons. The second kappa shape index (κ2) is 7.17. The zero-order chi connectivity index (χ0) is 17.9. The molecule has 2 heterocycles. The Balaban J connectivity index is 1.45. The number of urea groups is 1. The standard InChI is InChI=1S/C20H22N4O2/c1-2-19-22-16-9-8-15(12-17(16)23-19)21-20(25)24-10-11-26-18(13-24)14-6-4-3-5-7-14/h3-9,12,18H,2,10-11,13H2,1H3,(H,21,25)(H,22,23)/t18-/m0/s1. The molecule has 0 bridgehead atoms. The van der Waals surface area contributed by atoms with E-state index >= 15 is 0 Å². The first kappa shape index (κ1) is 16.6. The van der Waals surface area contributed by atoms with Crippen molar-refractivity contribution >= 4 is 22.8 Å². The summed E-state index contributed by atoms with van der Waals surface area (Å²) in [5.41, 5.74) is 3.70. The Hall–Kier alpha value is -2.86. The molecule has 3 aromatic rings. The summed E-state index contributed by atoms with van der Waals surface area (Å²) in [7, 11) is 0. The van der Waals surface area contributed by atoms with E-state index in [-0.39, 0.29) is 12.1 Å². The number of hydrogen-bond acceptors (Lipinski definition) is 3. The lowest BCUT2D eigenvalue weighted by atomic mass is 10.1. The van der Waals surface area contributed by atoms with Crippen molar-refractivity contribution < 1.29 is 9.53 Å². The maximum atomic E-state index is 12.7. The van der Waals surface area contributed by atoms with Crippen molar-refractivity contribution in [3.8, 4) is 0 Å². The van der Waals surface area contributed by atoms with E-state index in [1.807, 2.05) is 48.5 Å². The third-order valence-corrected chi connectivity index (χ3v) is 4.64. The first-order chi connectivity index (χ1) is 12.7. The van der Waals surface area contributed by atoms with Crippen LogP contribution >= 0.6 is 0 Å². The van der Waals surface area contributed by atoms with Gasteiger partial charge in [-0.3, -0.25) is 0 Å². The number of morpholine rings is 1. The van der Waals surface area contributed by atoms with E-state index in [0.29, 0.717) is 19.7 Å². The molecule has 0 aliphatic carbocycles. The van der Waals surface area contributed by atoms with E-state index in [2.05, 4.69) is 22.2 Å². The smallest absolute Gasteiger partial charge is 0.322 e. The van der Waals surface area contributed by atoms with Crippen molar-refractivity contribution in [2.45, 2.75) is 19.4 Å². The number of rotatable bonds is 3. The van der Waals surface area contributed by atoms with Crippen molar-refractivity contribution in [1.82, 2.24) is 14.9 Å². The highest BCUT2D eigenvalue weighted by atomic mass is 16.5. The van der Waals surface area contributed by atoms with E-state index in [4.69, 9.17) is 4.74 Å². The van der Waals surface area contributed by atoms with Gasteiger partial charge in [0.1, 0.15) is 11.9 Å². The number of nitrogens with one attached hydrogen (secondary N) is 2. The van der Waals surface area contributed by atoms with Crippen LogP contribution in [0.1, 0.15) is 24.4 Å². The number of H-pyrrole nitrogens is 1. The average Bonchev–Trinajstić information content (AvgIpc) is 3.11. The number of ether oxygens (including phenoxy) is 1. The summed E-state index contributed by atoms with van der Waals surface area (Å²) in [6, 6.07) is 15.6. The molecule has 0 radical (unpaired) electrons. The minimum Gasteiger partial charge on any atom is -0.370 e. The van der Waals surface area contributed by atoms with Gasteiger partial charge in [0.05, 0.1) is 24.2 Å². The Morgan fingerprint density at radius 1 is 1.31 bits per heavy atom. The van der Waals surface area contributed by atoms with Gasteiger partial charge in [-0.05, 0) is 23.8 Å². The third-order valence-electron chi connectivity index (χ3n) is 4.64. The van der Waals surface area contributed by atoms with Crippen LogP contribution < -0.4 is 5.32 Å². The fourth-order valence-corrected chi connectivity index (χ4v) is 3.21. The summed E-state index contributed by atoms with van der Waals surface area (Å²) in [4.78, 5) is 22.2. The van der Waals surface area contributed by atoms with Crippen molar-refractivity contribution in [3.63, 3.8) is 0 Å². The molecule has 1 aromatic heterocycles. The van der Waals surface area contributed by atoms with Gasteiger partial charge >= 0.3 is 6.03 Å². The summed E-state index contributed by atoms with van der Waals surface area (Å²) >= 11 is 0. The second-order valence-electron chi connectivity index (χ2n) is 6.42. The number of carbonyl (C=O) groups excluding carboxylic acids is 1. The molecule has 26 heavy (non-hydrogen) atoms. The lowest BCUT2D eigenvalue weighted by Gasteiger charge is -2.33. The van der Waals surface area contributed by atoms with Crippen LogP contribution in [-0.2, 0) is 11.2 Å². The minimum atomic E-state index is -0.108. The number of nitrogens with zero attached hydrogens (tertiary/aromatic N) is 2. The number of aryl methyl sites for hydroxylation is 1. The topological polar surface area (TPSA) is 70.2 Å². The molecule has 2 N–H and O–H groups in total. The highest BCUT2D eigenvalue weighted by molar-refractivity contribution is 5.92. The zero-order valence-corrected chi connectivity index (χ0v) is 14.7. The van der Waals surface area contributed by atoms with Gasteiger partial charge in [-0.1, -0.05) is 37.3 Å². The molecule has 6 nitrogen and oxygen atoms in total. The normalized spacial score (nSPS) is 17.4. The summed E-state index contributed by atoms with van der Waals surface area (Å²) < 4.78 is 5.83. The molecule has 1 atom stereocenters. The SMILES string of the molecule is CCc1nc2ccc(NC(=O)N3CCO[C@H](c4ccccc4)C3)cc2[nH]1. The van der Waals surface area contributed by atoms with Crippen LogP contribution in [-0.4, -0.2) is 40.6 Å². The van der Waals surface area contributed by atoms with Gasteiger partial charge < -0.3 is 19.9 Å². The molecule has 1 fully saturated rings. The first-order valence-corrected chi connectivity index (χ1v) is 8.94. The number of aromatic nitrogens is 2. The Morgan fingerprint density at radius 2 is 2.15 bits per heavy atom. The number of benzene rings is 2. The lowest BCUT2D eigenvalue weighted by molar-refractivity contribution is -0.0135. The highest BCUT2D eigenvalue weighted by Crippen LogP contribution is 2.23. The Kier molecular flexibility index (Phi) is 4.58. The molecular weight excluding hydrogens is 328 g/mol. The molecule has 1 aliphatic rings. The molecule has 2 aromatic carbocycles. The van der Waals surface area contributed by atoms with Crippen LogP contribution in [0.15, 0.2) is 48.5 Å². The molecule has 1 aliphatic heterocycles. The van der Waals surface area contributed by atoms with Crippen molar-refractivity contribution in [2.75, 3.05) is 25.0 Å². The fraction of sp³-hybridized carbons (Fsp3) is 0.300. The van der Waals surface area contributed by atoms with E-state index in [1.165, 1.54) is 0 Å². The molecule has 0 spiro atoms. The van der Waals surface area contributed by atoms with Crippen LogP contribution in [0.2, 0.25) is 0 Å². The zero-order valence-electron chi connectivity index (χ0n) is 14.7. The molecule has 6 heteroatoms. The van der Waals surface area contributed by atoms with Crippen LogP contribution in [0.25, 0.3) is 11.0 Å². The van der Waals surface area contributed by atoms with E-state index in [1.54, 1.807) is 4.90 Å². The monoisotopic (exact) mass is 350 g/mol. The van der Waals surface area contributed by atoms with Gasteiger partial charge in [0.25, 0.3) is 0 Å². The van der Waals surface area contributed by atoms with Crippen molar-refractivity contribution in [1.29, 1.82) is 0 Å². The predicted octanol–water partition coefficient (Wildman–Crippen LogP) is 3.73. The van der Waals surface area contributed by atoms with Crippen LogP contribution in [0.5, 0.6) is 0 Å². The Morgan fingerprint density at radius 3 is 2.96 bits per heavy atom. The van der Waals surface area contributed by atoms with Gasteiger partial charge in [-0.2, -0.15) is 0 Å². The molecule has 0 saturated carbocycles. The van der Waals surface area contributed by atoms with Crippen LogP contribution in [0.3, 0.4) is 0 Å². The van der Waals surface area contributed by atoms with E-state index in [9.17, 15) is 4.79 Å². The van der Waals surface area contributed by atoms with Crippen LogP contribution in [0, 0.1) is 0 Å². The number of amides is 2. The number of hydrogen-bond donors (Lipinski definition) is 2. The molecule has 2 amide bonds. The minimum absolute atomic E-state index is 0.0853. The van der Waals surface area contributed by atoms with E-state index in [0.717, 1.165) is 34.5 Å². The first-order valence-electron chi connectivity index (χ1n) is 8.94. The Bertz CT molecular complexity index is 907. The highest BCUT2D eigenvalue weighted by Gasteiger charge is 2.25. The summed E-state index contributed by atoms with van der Waals surface area (Å²) in [5, 5.41) is 2.99. The van der Waals surface area contributed by atoms with Gasteiger partial charge in [-0.25, -0.2) is 9.78 Å². The molecule has 0 unspecified atom stereocenters. The molecule has 1 saturated heterocycles. The van der Waals surface area contributed by atoms with Crippen LogP contribution in [0.4, 0.5) is 10.5 Å². The largest absolute Gasteiger partial charge is 0.370 e. The number of imidazole rings is 1. The number of fused-ring (bicyclic) bond motifs is 1. The Labute approximate surface area is 152 Å². The molecular formula is C20H22N4O2. The van der Waals surface area contributed by atoms with Crippen molar-refractivity contribution in [2.24, 2.45) is 0 Å². The average molecular weight is 350 g/mol. The fourth-order valence-electron chi connectivity index (χ4n) is 3.21. The number of aromatic amines is 1. The van der Waals surface area contributed by atoms with Gasteiger partial charge in [0.15, 0.2) is 0 Å². The number of anilines is 1. The second-order valence-corrected chi connectivity index (χ2v) is 6.42. The third kappa shape index (κ3) is 3.41. The summed E-state index contributed by atoms with van der Waals surface area (Å²) in [5.74, 6) is 0.947. The maximum Gasteiger partial charge on any atom is 0.322 e. The summed E-state index contributed by atoms with van der Waals surface area (Å²) in [6.45, 7) is 3.72. The van der Waals surface area contributed by atoms with Gasteiger partial charge in [-0.15, -0.1) is 0 Å². The maximum absolute atomic E-state index is 12.7. The predicted molar refractivity (Wildman–Crippen MR) is 101 cm³/mol. The molecule has 4 rings (SSSR count). The van der Waals surface area contributed by atoms with Gasteiger partial charge in [0, 0.05) is 18.7 Å². The van der Waals surface area contributed by atoms with Gasteiger partial charge in [0.2, 0.25) is 0 Å².